The highest BCUT2D eigenvalue weighted by molar-refractivity contribution is 6.83. The van der Waals surface area contributed by atoms with Crippen LogP contribution in [0.25, 0.3) is 11.3 Å². The summed E-state index contributed by atoms with van der Waals surface area (Å²) in [4.78, 5) is 21.0. The molecule has 1 atom stereocenters. The second kappa shape index (κ2) is 8.12. The zero-order chi connectivity index (χ0) is 23.0. The van der Waals surface area contributed by atoms with E-state index in [4.69, 9.17) is 4.74 Å². The Morgan fingerprint density at radius 1 is 1.26 bits per heavy atom. The van der Waals surface area contributed by atoms with Gasteiger partial charge in [-0.25, -0.2) is 18.6 Å². The molecule has 0 spiro atoms. The molecular formula is C23H29F2N3O2Si. The van der Waals surface area contributed by atoms with E-state index in [1.54, 1.807) is 27.0 Å². The van der Waals surface area contributed by atoms with Crippen LogP contribution in [0.2, 0.25) is 19.6 Å². The van der Waals surface area contributed by atoms with Gasteiger partial charge >= 0.3 is 6.09 Å². The lowest BCUT2D eigenvalue weighted by atomic mass is 10.1. The van der Waals surface area contributed by atoms with E-state index in [1.165, 1.54) is 0 Å². The number of alkyl halides is 2. The minimum Gasteiger partial charge on any atom is -0.444 e. The van der Waals surface area contributed by atoms with Crippen LogP contribution in [0.3, 0.4) is 0 Å². The monoisotopic (exact) mass is 445 g/mol. The third kappa shape index (κ3) is 6.17. The van der Waals surface area contributed by atoms with Crippen LogP contribution in [0.1, 0.15) is 44.6 Å². The van der Waals surface area contributed by atoms with Crippen molar-refractivity contribution in [2.75, 3.05) is 6.54 Å². The summed E-state index contributed by atoms with van der Waals surface area (Å²) in [6.07, 6.45) is 0.338. The molecule has 3 rings (SSSR count). The molecule has 1 fully saturated rings. The summed E-state index contributed by atoms with van der Waals surface area (Å²) in [7, 11) is -1.45. The van der Waals surface area contributed by atoms with Crippen molar-refractivity contribution in [3.63, 3.8) is 0 Å². The van der Waals surface area contributed by atoms with Crippen LogP contribution in [-0.4, -0.2) is 47.1 Å². The molecule has 2 aromatic rings. The van der Waals surface area contributed by atoms with Gasteiger partial charge in [-0.1, -0.05) is 37.7 Å². The molecule has 166 valence electrons. The molecule has 1 N–H and O–H groups in total. The number of carbonyl (C=O) groups excluding carboxylic acids is 1. The SMILES string of the molecule is CC(C)(C)OC(=O)N1CC(F)(F)CC1c1ncc(-c2ccc(C#C[Si](C)(C)C)cc2)[nH]1. The van der Waals surface area contributed by atoms with Crippen LogP contribution in [-0.2, 0) is 4.74 Å². The summed E-state index contributed by atoms with van der Waals surface area (Å²) in [5.74, 6) is 0.529. The Labute approximate surface area is 183 Å². The molecule has 1 aromatic carbocycles. The number of hydrogen-bond donors (Lipinski definition) is 1. The zero-order valence-corrected chi connectivity index (χ0v) is 19.8. The first-order valence-corrected chi connectivity index (χ1v) is 13.8. The van der Waals surface area contributed by atoms with Gasteiger partial charge in [0, 0.05) is 12.0 Å². The Morgan fingerprint density at radius 3 is 2.48 bits per heavy atom. The first kappa shape index (κ1) is 23.0. The van der Waals surface area contributed by atoms with E-state index in [2.05, 4.69) is 41.1 Å². The average Bonchev–Trinajstić information content (AvgIpc) is 3.22. The largest absolute Gasteiger partial charge is 0.444 e. The van der Waals surface area contributed by atoms with Crippen molar-refractivity contribution >= 4 is 14.2 Å². The lowest BCUT2D eigenvalue weighted by molar-refractivity contribution is -0.00248. The number of likely N-dealkylation sites (tertiary alicyclic amines) is 1. The Morgan fingerprint density at radius 2 is 1.90 bits per heavy atom. The summed E-state index contributed by atoms with van der Waals surface area (Å²) in [5.41, 5.74) is 5.04. The van der Waals surface area contributed by atoms with Crippen molar-refractivity contribution in [1.82, 2.24) is 14.9 Å². The van der Waals surface area contributed by atoms with E-state index in [-0.39, 0.29) is 0 Å². The van der Waals surface area contributed by atoms with Crippen LogP contribution >= 0.6 is 0 Å². The van der Waals surface area contributed by atoms with Crippen LogP contribution in [0.5, 0.6) is 0 Å². The van der Waals surface area contributed by atoms with Crippen molar-refractivity contribution in [3.05, 3.63) is 41.9 Å². The third-order valence-corrected chi connectivity index (χ3v) is 5.46. The normalized spacial score (nSPS) is 18.5. The number of aromatic nitrogens is 2. The van der Waals surface area contributed by atoms with E-state index in [1.807, 2.05) is 24.3 Å². The minimum atomic E-state index is -2.99. The van der Waals surface area contributed by atoms with Crippen molar-refractivity contribution in [2.24, 2.45) is 0 Å². The highest BCUT2D eigenvalue weighted by Crippen LogP contribution is 2.41. The van der Waals surface area contributed by atoms with Crippen molar-refractivity contribution in [3.8, 4) is 22.7 Å². The van der Waals surface area contributed by atoms with Gasteiger partial charge < -0.3 is 9.72 Å². The van der Waals surface area contributed by atoms with Gasteiger partial charge in [0.15, 0.2) is 0 Å². The molecule has 0 radical (unpaired) electrons. The van der Waals surface area contributed by atoms with Gasteiger partial charge in [0.05, 0.1) is 24.5 Å². The number of imidazole rings is 1. The maximum atomic E-state index is 14.2. The van der Waals surface area contributed by atoms with E-state index in [0.717, 1.165) is 16.0 Å². The second-order valence-electron chi connectivity index (χ2n) is 9.94. The number of halogens is 2. The smallest absolute Gasteiger partial charge is 0.411 e. The average molecular weight is 446 g/mol. The number of amides is 1. The minimum absolute atomic E-state index is 0.320. The maximum absolute atomic E-state index is 14.2. The molecule has 1 aliphatic rings. The van der Waals surface area contributed by atoms with Gasteiger partial charge in [0.1, 0.15) is 19.5 Å². The Bertz CT molecular complexity index is 1010. The number of carbonyl (C=O) groups is 1. The summed E-state index contributed by atoms with van der Waals surface area (Å²) < 4.78 is 33.6. The summed E-state index contributed by atoms with van der Waals surface area (Å²) in [6, 6.07) is 6.82. The van der Waals surface area contributed by atoms with Gasteiger partial charge in [-0.15, -0.1) is 5.54 Å². The fraction of sp³-hybridized carbons (Fsp3) is 0.478. The van der Waals surface area contributed by atoms with E-state index in [9.17, 15) is 13.6 Å². The number of ether oxygens (including phenoxy) is 1. The molecule has 2 heterocycles. The number of nitrogens with one attached hydrogen (secondary N) is 1. The van der Waals surface area contributed by atoms with Crippen molar-refractivity contribution in [2.45, 2.75) is 64.4 Å². The lowest BCUT2D eigenvalue weighted by Gasteiger charge is -2.27. The molecule has 31 heavy (non-hydrogen) atoms. The Balaban J connectivity index is 1.81. The predicted octanol–water partition coefficient (Wildman–Crippen LogP) is 5.62. The van der Waals surface area contributed by atoms with Gasteiger partial charge in [-0.3, -0.25) is 4.90 Å². The number of H-pyrrole nitrogens is 1. The van der Waals surface area contributed by atoms with Crippen molar-refractivity contribution < 1.29 is 18.3 Å². The number of nitrogens with zero attached hydrogens (tertiary/aromatic N) is 2. The highest BCUT2D eigenvalue weighted by atomic mass is 28.3. The van der Waals surface area contributed by atoms with E-state index < -0.39 is 44.7 Å². The van der Waals surface area contributed by atoms with Crippen LogP contribution in [0, 0.1) is 11.5 Å². The zero-order valence-electron chi connectivity index (χ0n) is 18.8. The van der Waals surface area contributed by atoms with Crippen LogP contribution in [0.15, 0.2) is 30.5 Å². The van der Waals surface area contributed by atoms with Gasteiger partial charge in [0.25, 0.3) is 5.92 Å². The number of benzene rings is 1. The fourth-order valence-electron chi connectivity index (χ4n) is 3.22. The molecule has 8 heteroatoms. The summed E-state index contributed by atoms with van der Waals surface area (Å²) in [6.45, 7) is 11.0. The number of rotatable bonds is 2. The predicted molar refractivity (Wildman–Crippen MR) is 119 cm³/mol. The summed E-state index contributed by atoms with van der Waals surface area (Å²) in [5, 5.41) is 0. The molecule has 1 amide bonds. The lowest BCUT2D eigenvalue weighted by Crippen LogP contribution is -2.38. The molecule has 1 aromatic heterocycles. The van der Waals surface area contributed by atoms with Crippen molar-refractivity contribution in [1.29, 1.82) is 0 Å². The fourth-order valence-corrected chi connectivity index (χ4v) is 3.74. The van der Waals surface area contributed by atoms with Gasteiger partial charge in [-0.05, 0) is 38.5 Å². The molecule has 1 unspecified atom stereocenters. The van der Waals surface area contributed by atoms with Crippen LogP contribution < -0.4 is 0 Å². The molecule has 0 aliphatic carbocycles. The Hall–Kier alpha value is -2.66. The van der Waals surface area contributed by atoms with E-state index in [0.29, 0.717) is 11.5 Å². The standard InChI is InChI=1S/C23H29F2N3O2Si/c1-22(2,3)30-21(29)28-15-23(24,25)13-19(28)20-26-14-18(27-20)17-9-7-16(8-10-17)11-12-31(4,5)6/h7-10,14,19H,13,15H2,1-6H3,(H,26,27). The maximum Gasteiger partial charge on any atom is 0.411 e. The topological polar surface area (TPSA) is 58.2 Å². The van der Waals surface area contributed by atoms with Crippen LogP contribution in [0.4, 0.5) is 13.6 Å². The molecule has 1 saturated heterocycles. The molecular weight excluding hydrogens is 416 g/mol. The highest BCUT2D eigenvalue weighted by Gasteiger charge is 2.49. The van der Waals surface area contributed by atoms with Gasteiger partial charge in [-0.2, -0.15) is 0 Å². The number of aromatic amines is 1. The first-order valence-electron chi connectivity index (χ1n) is 10.3. The Kier molecular flexibility index (Phi) is 6.02. The summed E-state index contributed by atoms with van der Waals surface area (Å²) >= 11 is 0. The second-order valence-corrected chi connectivity index (χ2v) is 14.7. The first-order chi connectivity index (χ1) is 14.2. The van der Waals surface area contributed by atoms with E-state index >= 15 is 0 Å². The quantitative estimate of drug-likeness (QED) is 0.482. The molecule has 0 bridgehead atoms. The molecule has 0 saturated carbocycles. The molecule has 1 aliphatic heterocycles. The third-order valence-electron chi connectivity index (χ3n) is 4.59. The molecule has 5 nitrogen and oxygen atoms in total. The van der Waals surface area contributed by atoms with Gasteiger partial charge in [0.2, 0.25) is 0 Å². The number of hydrogen-bond acceptors (Lipinski definition) is 3.